The van der Waals surface area contributed by atoms with Crippen molar-refractivity contribution in [3.8, 4) is 0 Å². The average molecular weight is 305 g/mol. The number of thioether (sulfide) groups is 1. The molecule has 0 amide bonds. The van der Waals surface area contributed by atoms with Crippen LogP contribution in [0, 0.1) is 10.1 Å². The first-order chi connectivity index (χ1) is 9.16. The largest absolute Gasteiger partial charge is 0.364 e. The third kappa shape index (κ3) is 5.61. The molecule has 0 spiro atoms. The molecule has 1 heterocycles. The number of hydrogen-bond acceptors (Lipinski definition) is 6. The number of aromatic nitrogens is 2. The normalized spacial score (nSPS) is 10.4. The SMILES string of the molecule is CSCCCCCCNc1ncnc(Cl)c1[N+](=O)[O-]. The molecule has 1 N–H and O–H groups in total. The van der Waals surface area contributed by atoms with Gasteiger partial charge in [0, 0.05) is 6.54 Å². The Morgan fingerprint density at radius 3 is 2.79 bits per heavy atom. The number of anilines is 1. The molecule has 106 valence electrons. The van der Waals surface area contributed by atoms with Crippen LogP contribution in [0.15, 0.2) is 6.33 Å². The summed E-state index contributed by atoms with van der Waals surface area (Å²) in [4.78, 5) is 17.7. The zero-order chi connectivity index (χ0) is 14.1. The van der Waals surface area contributed by atoms with Gasteiger partial charge in [0.25, 0.3) is 0 Å². The fourth-order valence-corrected chi connectivity index (χ4v) is 2.28. The highest BCUT2D eigenvalue weighted by atomic mass is 35.5. The minimum Gasteiger partial charge on any atom is -0.364 e. The van der Waals surface area contributed by atoms with E-state index in [9.17, 15) is 10.1 Å². The Kier molecular flexibility index (Phi) is 7.50. The second-order valence-corrected chi connectivity index (χ2v) is 5.30. The topological polar surface area (TPSA) is 81.0 Å². The number of unbranched alkanes of at least 4 members (excludes halogenated alkanes) is 3. The van der Waals surface area contributed by atoms with Crippen LogP contribution in [-0.2, 0) is 0 Å². The molecule has 0 aliphatic heterocycles. The van der Waals surface area contributed by atoms with Crippen LogP contribution in [0.1, 0.15) is 25.7 Å². The van der Waals surface area contributed by atoms with Crippen LogP contribution in [0.4, 0.5) is 11.5 Å². The third-order valence-corrected chi connectivity index (χ3v) is 3.50. The van der Waals surface area contributed by atoms with Crippen molar-refractivity contribution in [2.75, 3.05) is 23.9 Å². The Morgan fingerprint density at radius 2 is 2.11 bits per heavy atom. The molecule has 0 saturated carbocycles. The van der Waals surface area contributed by atoms with Crippen molar-refractivity contribution in [3.63, 3.8) is 0 Å². The van der Waals surface area contributed by atoms with E-state index >= 15 is 0 Å². The first kappa shape index (κ1) is 16.0. The van der Waals surface area contributed by atoms with Crippen LogP contribution in [0.25, 0.3) is 0 Å². The lowest BCUT2D eigenvalue weighted by atomic mass is 10.2. The van der Waals surface area contributed by atoms with Crippen molar-refractivity contribution in [3.05, 3.63) is 21.6 Å². The minimum atomic E-state index is -0.566. The van der Waals surface area contributed by atoms with Crippen LogP contribution in [0.2, 0.25) is 5.15 Å². The summed E-state index contributed by atoms with van der Waals surface area (Å²) < 4.78 is 0. The number of hydrogen-bond donors (Lipinski definition) is 1. The highest BCUT2D eigenvalue weighted by Gasteiger charge is 2.20. The van der Waals surface area contributed by atoms with Gasteiger partial charge < -0.3 is 5.32 Å². The number of rotatable bonds is 9. The molecule has 0 fully saturated rings. The summed E-state index contributed by atoms with van der Waals surface area (Å²) in [5.74, 6) is 1.37. The number of halogens is 1. The molecule has 1 rings (SSSR count). The zero-order valence-corrected chi connectivity index (χ0v) is 12.3. The molecule has 0 radical (unpaired) electrons. The van der Waals surface area contributed by atoms with E-state index in [4.69, 9.17) is 11.6 Å². The monoisotopic (exact) mass is 304 g/mol. The fourth-order valence-electron chi connectivity index (χ4n) is 1.58. The van der Waals surface area contributed by atoms with Gasteiger partial charge in [-0.25, -0.2) is 9.97 Å². The van der Waals surface area contributed by atoms with Crippen molar-refractivity contribution in [1.82, 2.24) is 9.97 Å². The summed E-state index contributed by atoms with van der Waals surface area (Å²) in [6.07, 6.45) is 7.75. The van der Waals surface area contributed by atoms with E-state index in [2.05, 4.69) is 21.5 Å². The van der Waals surface area contributed by atoms with E-state index in [1.165, 1.54) is 24.9 Å². The van der Waals surface area contributed by atoms with E-state index in [0.29, 0.717) is 6.54 Å². The van der Waals surface area contributed by atoms with E-state index in [-0.39, 0.29) is 16.7 Å². The summed E-state index contributed by atoms with van der Waals surface area (Å²) >= 11 is 7.53. The van der Waals surface area contributed by atoms with Crippen molar-refractivity contribution in [2.45, 2.75) is 25.7 Å². The molecule has 8 heteroatoms. The molecule has 1 aromatic heterocycles. The van der Waals surface area contributed by atoms with Gasteiger partial charge in [-0.3, -0.25) is 10.1 Å². The van der Waals surface area contributed by atoms with Crippen molar-refractivity contribution in [1.29, 1.82) is 0 Å². The van der Waals surface area contributed by atoms with Crippen LogP contribution in [0.5, 0.6) is 0 Å². The molecule has 0 aromatic carbocycles. The van der Waals surface area contributed by atoms with Gasteiger partial charge in [0.2, 0.25) is 11.0 Å². The highest BCUT2D eigenvalue weighted by molar-refractivity contribution is 7.98. The predicted molar refractivity (Wildman–Crippen MR) is 79.0 cm³/mol. The van der Waals surface area contributed by atoms with Gasteiger partial charge in [-0.2, -0.15) is 11.8 Å². The molecule has 0 bridgehead atoms. The van der Waals surface area contributed by atoms with E-state index in [0.717, 1.165) is 12.8 Å². The summed E-state index contributed by atoms with van der Waals surface area (Å²) in [6.45, 7) is 0.646. The Balaban J connectivity index is 2.37. The maximum atomic E-state index is 10.8. The lowest BCUT2D eigenvalue weighted by molar-refractivity contribution is -0.384. The molecular formula is C11H17ClN4O2S. The van der Waals surface area contributed by atoms with E-state index in [1.54, 1.807) is 0 Å². The van der Waals surface area contributed by atoms with Gasteiger partial charge in [-0.05, 0) is 24.9 Å². The summed E-state index contributed by atoms with van der Waals surface area (Å²) in [7, 11) is 0. The number of nitrogens with zero attached hydrogens (tertiary/aromatic N) is 3. The summed E-state index contributed by atoms with van der Waals surface area (Å²) in [5, 5.41) is 13.7. The van der Waals surface area contributed by atoms with Gasteiger partial charge >= 0.3 is 5.69 Å². The smallest absolute Gasteiger partial charge is 0.348 e. The van der Waals surface area contributed by atoms with Crippen LogP contribution >= 0.6 is 23.4 Å². The van der Waals surface area contributed by atoms with Crippen molar-refractivity contribution < 1.29 is 4.92 Å². The minimum absolute atomic E-state index is 0.137. The summed E-state index contributed by atoms with van der Waals surface area (Å²) in [6, 6.07) is 0. The standard InChI is InChI=1S/C11H17ClN4O2S/c1-19-7-5-3-2-4-6-13-11-9(16(17)18)10(12)14-8-15-11/h8H,2-7H2,1H3,(H,13,14,15). The first-order valence-corrected chi connectivity index (χ1v) is 7.81. The fraction of sp³-hybridized carbons (Fsp3) is 0.636. The Hall–Kier alpha value is -1.08. The molecule has 0 atom stereocenters. The molecule has 0 aliphatic rings. The molecule has 0 saturated heterocycles. The Morgan fingerprint density at radius 1 is 1.37 bits per heavy atom. The molecular weight excluding hydrogens is 288 g/mol. The van der Waals surface area contributed by atoms with Crippen molar-refractivity contribution >= 4 is 34.9 Å². The second kappa shape index (κ2) is 8.92. The van der Waals surface area contributed by atoms with Gasteiger partial charge in [-0.1, -0.05) is 24.4 Å². The molecule has 1 aromatic rings. The number of nitrogens with one attached hydrogen (secondary N) is 1. The van der Waals surface area contributed by atoms with Crippen molar-refractivity contribution in [2.24, 2.45) is 0 Å². The number of nitro groups is 1. The highest BCUT2D eigenvalue weighted by Crippen LogP contribution is 2.28. The molecule has 0 unspecified atom stereocenters. The Labute approximate surface area is 121 Å². The van der Waals surface area contributed by atoms with Gasteiger partial charge in [-0.15, -0.1) is 0 Å². The van der Waals surface area contributed by atoms with Gasteiger partial charge in [0.05, 0.1) is 4.92 Å². The van der Waals surface area contributed by atoms with E-state index < -0.39 is 4.92 Å². The maximum absolute atomic E-state index is 10.8. The van der Waals surface area contributed by atoms with Crippen LogP contribution in [-0.4, -0.2) is 33.4 Å². The lowest BCUT2D eigenvalue weighted by Crippen LogP contribution is -2.07. The molecule has 19 heavy (non-hydrogen) atoms. The zero-order valence-electron chi connectivity index (χ0n) is 10.8. The lowest BCUT2D eigenvalue weighted by Gasteiger charge is -2.06. The van der Waals surface area contributed by atoms with Gasteiger partial charge in [0.15, 0.2) is 0 Å². The van der Waals surface area contributed by atoms with Gasteiger partial charge in [0.1, 0.15) is 6.33 Å². The quantitative estimate of drug-likeness (QED) is 0.326. The predicted octanol–water partition coefficient (Wildman–Crippen LogP) is 3.37. The summed E-state index contributed by atoms with van der Waals surface area (Å²) in [5.41, 5.74) is -0.258. The van der Waals surface area contributed by atoms with Crippen LogP contribution in [0.3, 0.4) is 0 Å². The van der Waals surface area contributed by atoms with Crippen LogP contribution < -0.4 is 5.32 Å². The first-order valence-electron chi connectivity index (χ1n) is 6.04. The molecule has 6 nitrogen and oxygen atoms in total. The molecule has 0 aliphatic carbocycles. The third-order valence-electron chi connectivity index (χ3n) is 2.53. The average Bonchev–Trinajstić information content (AvgIpc) is 2.37. The Bertz CT molecular complexity index is 420. The maximum Gasteiger partial charge on any atom is 0.348 e. The second-order valence-electron chi connectivity index (χ2n) is 3.95. The van der Waals surface area contributed by atoms with E-state index in [1.807, 2.05) is 11.8 Å².